The highest BCUT2D eigenvalue weighted by molar-refractivity contribution is 5.56. The van der Waals surface area contributed by atoms with Crippen LogP contribution in [0.5, 0.6) is 0 Å². The van der Waals surface area contributed by atoms with Crippen molar-refractivity contribution in [1.82, 2.24) is 10.1 Å². The molecule has 0 spiro atoms. The average molecular weight is 283 g/mol. The van der Waals surface area contributed by atoms with Crippen LogP contribution >= 0.6 is 0 Å². The second-order valence-electron chi connectivity index (χ2n) is 4.72. The van der Waals surface area contributed by atoms with Gasteiger partial charge in [-0.2, -0.15) is 18.2 Å². The summed E-state index contributed by atoms with van der Waals surface area (Å²) in [7, 11) is 0. The zero-order chi connectivity index (χ0) is 14.2. The largest absolute Gasteiger partial charge is 0.389 e. The molecule has 1 unspecified atom stereocenters. The van der Waals surface area contributed by atoms with Crippen LogP contribution in [0.2, 0.25) is 0 Å². The van der Waals surface area contributed by atoms with Crippen LogP contribution in [-0.4, -0.2) is 16.3 Å². The second-order valence-corrected chi connectivity index (χ2v) is 4.72. The first-order valence-corrected chi connectivity index (χ1v) is 6.25. The summed E-state index contributed by atoms with van der Waals surface area (Å²) in [5.41, 5.74) is 2.13. The third kappa shape index (κ3) is 2.76. The highest BCUT2D eigenvalue weighted by atomic mass is 19.4. The van der Waals surface area contributed by atoms with Crippen molar-refractivity contribution in [2.75, 3.05) is 5.32 Å². The van der Waals surface area contributed by atoms with E-state index in [9.17, 15) is 13.2 Å². The van der Waals surface area contributed by atoms with Crippen molar-refractivity contribution in [3.05, 3.63) is 41.5 Å². The Morgan fingerprint density at radius 3 is 2.85 bits per heavy atom. The first-order chi connectivity index (χ1) is 9.51. The molecule has 1 aromatic heterocycles. The van der Waals surface area contributed by atoms with Crippen molar-refractivity contribution < 1.29 is 17.7 Å². The van der Waals surface area contributed by atoms with Crippen LogP contribution in [-0.2, 0) is 12.8 Å². The highest BCUT2D eigenvalue weighted by Gasteiger charge is 2.29. The monoisotopic (exact) mass is 283 g/mol. The first kappa shape index (κ1) is 13.0. The summed E-state index contributed by atoms with van der Waals surface area (Å²) in [6.07, 6.45) is -4.71. The highest BCUT2D eigenvalue weighted by Crippen LogP contribution is 2.33. The topological polar surface area (TPSA) is 51.0 Å². The van der Waals surface area contributed by atoms with E-state index in [0.29, 0.717) is 12.3 Å². The number of fused-ring (bicyclic) bond motifs is 1. The smallest absolute Gasteiger partial charge is 0.373 e. The Morgan fingerprint density at radius 1 is 1.30 bits per heavy atom. The molecule has 1 aliphatic heterocycles. The Balaban J connectivity index is 1.67. The molecule has 1 aliphatic rings. The maximum Gasteiger partial charge on any atom is 0.389 e. The molecule has 0 amide bonds. The van der Waals surface area contributed by atoms with Gasteiger partial charge in [-0.05, 0) is 11.6 Å². The van der Waals surface area contributed by atoms with Crippen LogP contribution in [0.25, 0.3) is 0 Å². The lowest BCUT2D eigenvalue weighted by Gasteiger charge is -2.04. The number of nitrogens with zero attached hydrogens (tertiary/aromatic N) is 2. The van der Waals surface area contributed by atoms with Gasteiger partial charge in [0.05, 0.1) is 6.42 Å². The van der Waals surface area contributed by atoms with E-state index in [2.05, 4.69) is 15.5 Å². The molecule has 20 heavy (non-hydrogen) atoms. The normalized spacial score (nSPS) is 17.9. The standard InChI is InChI=1S/C13H12F3N3O/c14-13(15,16)6-5-11-18-12(20-19-11)10-7-8-3-1-2-4-9(8)17-10/h1-4,10,17H,5-7H2. The Kier molecular flexibility index (Phi) is 3.11. The van der Waals surface area contributed by atoms with Gasteiger partial charge < -0.3 is 9.84 Å². The van der Waals surface area contributed by atoms with Crippen LogP contribution in [0, 0.1) is 0 Å². The van der Waals surface area contributed by atoms with E-state index in [1.807, 2.05) is 24.3 Å². The predicted molar refractivity (Wildman–Crippen MR) is 65.2 cm³/mol. The zero-order valence-electron chi connectivity index (χ0n) is 10.4. The molecule has 7 heteroatoms. The van der Waals surface area contributed by atoms with Gasteiger partial charge >= 0.3 is 6.18 Å². The van der Waals surface area contributed by atoms with Crippen molar-refractivity contribution in [1.29, 1.82) is 0 Å². The number of rotatable bonds is 3. The van der Waals surface area contributed by atoms with Crippen molar-refractivity contribution in [3.63, 3.8) is 0 Å². The number of hydrogen-bond donors (Lipinski definition) is 1. The number of hydrogen-bond acceptors (Lipinski definition) is 4. The van der Waals surface area contributed by atoms with Crippen LogP contribution in [0.15, 0.2) is 28.8 Å². The van der Waals surface area contributed by atoms with Crippen LogP contribution in [0.1, 0.15) is 29.7 Å². The van der Waals surface area contributed by atoms with E-state index >= 15 is 0 Å². The Labute approximate surface area is 113 Å². The predicted octanol–water partition coefficient (Wildman–Crippen LogP) is 3.27. The van der Waals surface area contributed by atoms with Gasteiger partial charge in [0.15, 0.2) is 5.82 Å². The number of para-hydroxylation sites is 1. The summed E-state index contributed by atoms with van der Waals surface area (Å²) in [5.74, 6) is 0.424. The van der Waals surface area contributed by atoms with Gasteiger partial charge in [0.25, 0.3) is 0 Å². The van der Waals surface area contributed by atoms with E-state index in [-0.39, 0.29) is 18.3 Å². The third-order valence-corrected chi connectivity index (χ3v) is 3.19. The summed E-state index contributed by atoms with van der Waals surface area (Å²) in [6.45, 7) is 0. The number of alkyl halides is 3. The lowest BCUT2D eigenvalue weighted by Crippen LogP contribution is -2.09. The van der Waals surface area contributed by atoms with E-state index in [1.165, 1.54) is 0 Å². The molecular formula is C13H12F3N3O. The summed E-state index contributed by atoms with van der Waals surface area (Å²) in [6, 6.07) is 7.61. The number of aryl methyl sites for hydroxylation is 1. The summed E-state index contributed by atoms with van der Waals surface area (Å²) in [4.78, 5) is 4.04. The van der Waals surface area contributed by atoms with Gasteiger partial charge in [0, 0.05) is 18.5 Å². The fraction of sp³-hybridized carbons (Fsp3) is 0.385. The number of benzene rings is 1. The van der Waals surface area contributed by atoms with Gasteiger partial charge in [-0.15, -0.1) is 0 Å². The number of aromatic nitrogens is 2. The first-order valence-electron chi connectivity index (χ1n) is 6.25. The molecule has 0 aliphatic carbocycles. The lowest BCUT2D eigenvalue weighted by molar-refractivity contribution is -0.134. The summed E-state index contributed by atoms with van der Waals surface area (Å²) in [5, 5.41) is 6.82. The number of halogens is 3. The molecule has 0 radical (unpaired) electrons. The second kappa shape index (κ2) is 4.81. The molecule has 0 bridgehead atoms. The van der Waals surface area contributed by atoms with Crippen molar-refractivity contribution in [2.24, 2.45) is 0 Å². The van der Waals surface area contributed by atoms with Crippen molar-refractivity contribution in [3.8, 4) is 0 Å². The van der Waals surface area contributed by atoms with Gasteiger partial charge in [-0.3, -0.25) is 0 Å². The van der Waals surface area contributed by atoms with Gasteiger partial charge in [-0.25, -0.2) is 0 Å². The number of nitrogens with one attached hydrogen (secondary N) is 1. The molecule has 3 rings (SSSR count). The van der Waals surface area contributed by atoms with Crippen molar-refractivity contribution in [2.45, 2.75) is 31.5 Å². The fourth-order valence-electron chi connectivity index (χ4n) is 2.21. The van der Waals surface area contributed by atoms with E-state index < -0.39 is 12.6 Å². The van der Waals surface area contributed by atoms with Crippen molar-refractivity contribution >= 4 is 5.69 Å². The third-order valence-electron chi connectivity index (χ3n) is 3.19. The van der Waals surface area contributed by atoms with E-state index in [4.69, 9.17) is 4.52 Å². The number of anilines is 1. The van der Waals surface area contributed by atoms with Gasteiger partial charge in [0.1, 0.15) is 6.04 Å². The fourth-order valence-corrected chi connectivity index (χ4v) is 2.21. The molecule has 1 atom stereocenters. The molecular weight excluding hydrogens is 271 g/mol. The molecule has 2 aromatic rings. The van der Waals surface area contributed by atoms with Crippen LogP contribution in [0.4, 0.5) is 18.9 Å². The Morgan fingerprint density at radius 2 is 2.10 bits per heavy atom. The maximum absolute atomic E-state index is 12.1. The summed E-state index contributed by atoms with van der Waals surface area (Å²) < 4.78 is 41.4. The zero-order valence-corrected chi connectivity index (χ0v) is 10.4. The molecule has 4 nitrogen and oxygen atoms in total. The van der Waals surface area contributed by atoms with E-state index in [0.717, 1.165) is 11.3 Å². The van der Waals surface area contributed by atoms with E-state index in [1.54, 1.807) is 0 Å². The quantitative estimate of drug-likeness (QED) is 0.939. The van der Waals surface area contributed by atoms with Gasteiger partial charge in [0.2, 0.25) is 5.89 Å². The molecule has 106 valence electrons. The molecule has 0 saturated heterocycles. The minimum Gasteiger partial charge on any atom is -0.373 e. The van der Waals surface area contributed by atoms with Gasteiger partial charge in [-0.1, -0.05) is 23.4 Å². The maximum atomic E-state index is 12.1. The SMILES string of the molecule is FC(F)(F)CCc1noc(C2Cc3ccccc3N2)n1. The molecule has 2 heterocycles. The molecule has 1 aromatic carbocycles. The van der Waals surface area contributed by atoms with Crippen LogP contribution in [0.3, 0.4) is 0 Å². The minimum atomic E-state index is -4.21. The summed E-state index contributed by atoms with van der Waals surface area (Å²) >= 11 is 0. The van der Waals surface area contributed by atoms with Crippen LogP contribution < -0.4 is 5.32 Å². The molecule has 1 N–H and O–H groups in total. The molecule has 0 saturated carbocycles. The molecule has 0 fully saturated rings. The average Bonchev–Trinajstić information content (AvgIpc) is 3.01. The minimum absolute atomic E-state index is 0.0927. The Hall–Kier alpha value is -2.05. The lowest BCUT2D eigenvalue weighted by atomic mass is 10.1. The Bertz CT molecular complexity index is 584.